The molecule has 53 heavy (non-hydrogen) atoms. The summed E-state index contributed by atoms with van der Waals surface area (Å²) < 4.78 is 7.79. The number of hydrogen-bond acceptors (Lipinski definition) is 3. The monoisotopic (exact) mass is 744 g/mol. The maximum atomic E-state index is 7.79. The lowest BCUT2D eigenvalue weighted by molar-refractivity contribution is -0.101. The van der Waals surface area contributed by atoms with Gasteiger partial charge in [-0.1, -0.05) is 83.5 Å². The van der Waals surface area contributed by atoms with Gasteiger partial charge in [-0.15, -0.1) is 0 Å². The molecule has 0 aromatic heterocycles. The molecule has 2 aliphatic heterocycles. The quantitative estimate of drug-likeness (QED) is 0.278. The van der Waals surface area contributed by atoms with Crippen LogP contribution in [0.5, 0.6) is 0 Å². The van der Waals surface area contributed by atoms with Crippen LogP contribution in [0.4, 0.5) is 0 Å². The summed E-state index contributed by atoms with van der Waals surface area (Å²) in [7, 11) is 0. The standard InChI is InChI=1S/C50H81NOS/c1-2-11-32(12-3-1)33-21-25-36(26-22-33)51(37-27-23-34(24-28-37)44-31-35-13-4-5-14-38(35)39-15-6-7-16-40(39)44)45-19-10-18-41-42-29-30-47-48(50(42)52-49(41)45)43-17-8-9-20-46(43)53-47/h32-50H,1-31H2. The van der Waals surface area contributed by atoms with E-state index in [1.165, 1.54) is 103 Å². The van der Waals surface area contributed by atoms with Gasteiger partial charge in [-0.05, 0) is 181 Å². The Morgan fingerprint density at radius 1 is 0.340 bits per heavy atom. The second kappa shape index (κ2) is 15.8. The number of ether oxygens (including phenoxy) is 1. The number of fused-ring (bicyclic) bond motifs is 10. The van der Waals surface area contributed by atoms with Gasteiger partial charge in [-0.25, -0.2) is 0 Å². The van der Waals surface area contributed by atoms with Gasteiger partial charge in [0, 0.05) is 34.5 Å². The number of hydrogen-bond donors (Lipinski definition) is 0. The Labute approximate surface area is 331 Å². The zero-order valence-corrected chi connectivity index (χ0v) is 35.0. The normalized spacial score (nSPS) is 53.2. The number of rotatable bonds is 5. The Kier molecular flexibility index (Phi) is 10.8. The zero-order chi connectivity index (χ0) is 34.9. The van der Waals surface area contributed by atoms with E-state index in [9.17, 15) is 0 Å². The average molecular weight is 744 g/mol. The molecule has 9 aliphatic carbocycles. The first-order valence-electron chi connectivity index (χ1n) is 25.4. The van der Waals surface area contributed by atoms with E-state index in [0.29, 0.717) is 12.2 Å². The van der Waals surface area contributed by atoms with Gasteiger partial charge in [-0.3, -0.25) is 4.90 Å². The van der Waals surface area contributed by atoms with Crippen LogP contribution >= 0.6 is 11.8 Å². The highest BCUT2D eigenvalue weighted by Gasteiger charge is 2.60. The summed E-state index contributed by atoms with van der Waals surface area (Å²) in [5, 5.41) is 1.90. The van der Waals surface area contributed by atoms with E-state index < -0.39 is 0 Å². The Bertz CT molecular complexity index is 1220. The second-order valence-corrected chi connectivity index (χ2v) is 23.9. The van der Waals surface area contributed by atoms with Crippen LogP contribution in [0.1, 0.15) is 199 Å². The first kappa shape index (κ1) is 36.4. The molecule has 14 atom stereocenters. The maximum absolute atomic E-state index is 7.79. The number of thioether (sulfide) groups is 1. The van der Waals surface area contributed by atoms with Crippen LogP contribution in [0, 0.1) is 71.0 Å². The third kappa shape index (κ3) is 6.71. The molecule has 0 spiro atoms. The zero-order valence-electron chi connectivity index (χ0n) is 34.2. The van der Waals surface area contributed by atoms with Crippen molar-refractivity contribution in [2.24, 2.45) is 71.0 Å². The van der Waals surface area contributed by atoms with Gasteiger partial charge in [0.25, 0.3) is 0 Å². The highest BCUT2D eigenvalue weighted by Crippen LogP contribution is 2.62. The summed E-state index contributed by atoms with van der Waals surface area (Å²) in [6.07, 6.45) is 48.9. The van der Waals surface area contributed by atoms with Crippen molar-refractivity contribution < 1.29 is 4.74 Å². The minimum absolute atomic E-state index is 0.559. The minimum Gasteiger partial charge on any atom is -0.372 e. The molecule has 3 heteroatoms. The molecule has 2 nitrogen and oxygen atoms in total. The molecule has 11 aliphatic rings. The van der Waals surface area contributed by atoms with Crippen LogP contribution in [0.25, 0.3) is 0 Å². The van der Waals surface area contributed by atoms with Crippen LogP contribution in [0.2, 0.25) is 0 Å². The average Bonchev–Trinajstić information content (AvgIpc) is 3.81. The first-order valence-corrected chi connectivity index (χ1v) is 26.3. The van der Waals surface area contributed by atoms with Gasteiger partial charge in [0.15, 0.2) is 0 Å². The lowest BCUT2D eigenvalue weighted by Crippen LogP contribution is -2.58. The molecule has 298 valence electrons. The van der Waals surface area contributed by atoms with E-state index in [1.807, 2.05) is 0 Å². The Morgan fingerprint density at radius 3 is 1.68 bits per heavy atom. The first-order chi connectivity index (χ1) is 26.3. The van der Waals surface area contributed by atoms with Crippen molar-refractivity contribution in [2.75, 3.05) is 0 Å². The van der Waals surface area contributed by atoms with Crippen molar-refractivity contribution in [1.82, 2.24) is 4.90 Å². The second-order valence-electron chi connectivity index (χ2n) is 22.4. The van der Waals surface area contributed by atoms with Crippen LogP contribution in [0.15, 0.2) is 0 Å². The Morgan fingerprint density at radius 2 is 0.906 bits per heavy atom. The highest BCUT2D eigenvalue weighted by atomic mass is 32.2. The maximum Gasteiger partial charge on any atom is 0.0766 e. The molecule has 2 heterocycles. The molecule has 11 fully saturated rings. The predicted molar refractivity (Wildman–Crippen MR) is 222 cm³/mol. The molecule has 0 aromatic carbocycles. The molecule has 0 radical (unpaired) electrons. The Hall–Kier alpha value is 0.270. The van der Waals surface area contributed by atoms with E-state index in [4.69, 9.17) is 4.74 Å². The topological polar surface area (TPSA) is 12.5 Å². The molecule has 11 rings (SSSR count). The van der Waals surface area contributed by atoms with Crippen LogP contribution in [-0.2, 0) is 4.74 Å². The van der Waals surface area contributed by atoms with Crippen LogP contribution in [0.3, 0.4) is 0 Å². The lowest BCUT2D eigenvalue weighted by Gasteiger charge is -2.55. The van der Waals surface area contributed by atoms with Crippen molar-refractivity contribution >= 4 is 11.8 Å². The van der Waals surface area contributed by atoms with E-state index in [2.05, 4.69) is 16.7 Å². The van der Waals surface area contributed by atoms with Gasteiger partial charge in [0.2, 0.25) is 0 Å². The SMILES string of the molecule is C1CCC(C2CCC(N(C3CCC(C4CC5CCCCC5C5CCCCC45)CC3)C3CCCC4C5CCC6SC7CCCCC7C6C5OC43)CC2)CC1. The smallest absolute Gasteiger partial charge is 0.0766 e. The predicted octanol–water partition coefficient (Wildman–Crippen LogP) is 13.3. The van der Waals surface area contributed by atoms with Gasteiger partial charge >= 0.3 is 0 Å². The summed E-state index contributed by atoms with van der Waals surface area (Å²) >= 11 is 2.46. The fraction of sp³-hybridized carbons (Fsp3) is 1.00. The number of nitrogens with zero attached hydrogens (tertiary/aromatic N) is 1. The van der Waals surface area contributed by atoms with Crippen molar-refractivity contribution in [1.29, 1.82) is 0 Å². The van der Waals surface area contributed by atoms with E-state index in [-0.39, 0.29) is 0 Å². The summed E-state index contributed by atoms with van der Waals surface area (Å²) in [6.45, 7) is 0. The van der Waals surface area contributed by atoms with Gasteiger partial charge < -0.3 is 4.74 Å². The molecule has 14 unspecified atom stereocenters. The largest absolute Gasteiger partial charge is 0.372 e. The molecular weight excluding hydrogens is 663 g/mol. The fourth-order valence-electron chi connectivity index (χ4n) is 18.4. The summed E-state index contributed by atoms with van der Waals surface area (Å²) in [5.74, 6) is 12.3. The summed E-state index contributed by atoms with van der Waals surface area (Å²) in [4.78, 5) is 3.37. The van der Waals surface area contributed by atoms with Crippen LogP contribution < -0.4 is 0 Å². The minimum atomic E-state index is 0.559. The molecule has 0 amide bonds. The molecule has 9 saturated carbocycles. The molecule has 2 saturated heterocycles. The molecule has 0 N–H and O–H groups in total. The summed E-state index contributed by atoms with van der Waals surface area (Å²) in [5.41, 5.74) is 0. The Balaban J connectivity index is 0.830. The lowest BCUT2D eigenvalue weighted by atomic mass is 9.51. The van der Waals surface area contributed by atoms with E-state index in [0.717, 1.165) is 99.6 Å². The molecular formula is C50H81NOS. The van der Waals surface area contributed by atoms with Crippen molar-refractivity contribution in [3.63, 3.8) is 0 Å². The summed E-state index contributed by atoms with van der Waals surface area (Å²) in [6, 6.07) is 2.43. The van der Waals surface area contributed by atoms with Crippen molar-refractivity contribution in [3.8, 4) is 0 Å². The van der Waals surface area contributed by atoms with Gasteiger partial charge in [0.1, 0.15) is 0 Å². The van der Waals surface area contributed by atoms with Gasteiger partial charge in [-0.2, -0.15) is 11.8 Å². The van der Waals surface area contributed by atoms with Crippen molar-refractivity contribution in [2.45, 2.75) is 240 Å². The third-order valence-electron chi connectivity index (χ3n) is 20.5. The van der Waals surface area contributed by atoms with Crippen LogP contribution in [-0.4, -0.2) is 45.7 Å². The van der Waals surface area contributed by atoms with Gasteiger partial charge in [0.05, 0.1) is 12.2 Å². The van der Waals surface area contributed by atoms with Crippen molar-refractivity contribution in [3.05, 3.63) is 0 Å². The van der Waals surface area contributed by atoms with E-state index >= 15 is 0 Å². The molecule has 0 bridgehead atoms. The highest BCUT2D eigenvalue weighted by molar-refractivity contribution is 8.00. The fourth-order valence-corrected chi connectivity index (χ4v) is 20.5. The molecule has 0 aromatic rings. The van der Waals surface area contributed by atoms with E-state index in [1.54, 1.807) is 96.3 Å². The third-order valence-corrected chi connectivity index (χ3v) is 22.3.